The number of fused-ring (bicyclic) bond motifs is 1. The average Bonchev–Trinajstić information content (AvgIpc) is 3.23. The summed E-state index contributed by atoms with van der Waals surface area (Å²) in [7, 11) is 0. The Bertz CT molecular complexity index is 1090. The molecule has 0 unspecified atom stereocenters. The molecule has 4 rings (SSSR count). The van der Waals surface area contributed by atoms with E-state index in [1.165, 1.54) is 10.8 Å². The van der Waals surface area contributed by atoms with E-state index >= 15 is 0 Å². The number of aromatic nitrogens is 3. The fourth-order valence-corrected chi connectivity index (χ4v) is 4.44. The van der Waals surface area contributed by atoms with Crippen LogP contribution in [0.15, 0.2) is 23.3 Å². The average molecular weight is 411 g/mol. The molecule has 0 bridgehead atoms. The molecule has 10 heteroatoms. The quantitative estimate of drug-likeness (QED) is 0.691. The summed E-state index contributed by atoms with van der Waals surface area (Å²) in [4.78, 5) is 32.7. The summed E-state index contributed by atoms with van der Waals surface area (Å²) in [6.07, 6.45) is 1.97. The lowest BCUT2D eigenvalue weighted by Gasteiger charge is -2.35. The number of halogens is 2. The summed E-state index contributed by atoms with van der Waals surface area (Å²) in [5, 5.41) is 10.6. The first-order valence-corrected chi connectivity index (χ1v) is 9.53. The molecular weight excluding hydrogens is 395 g/mol. The fourth-order valence-electron chi connectivity index (χ4n) is 3.45. The second-order valence-corrected chi connectivity index (χ2v) is 7.90. The van der Waals surface area contributed by atoms with Gasteiger partial charge in [0.2, 0.25) is 0 Å². The van der Waals surface area contributed by atoms with Crippen LogP contribution >= 0.6 is 22.9 Å². The monoisotopic (exact) mass is 410 g/mol. The van der Waals surface area contributed by atoms with E-state index in [0.29, 0.717) is 39.7 Å². The maximum atomic E-state index is 14.9. The highest BCUT2D eigenvalue weighted by Gasteiger charge is 2.33. The Hall–Kier alpha value is -2.39. The number of pyridine rings is 1. The van der Waals surface area contributed by atoms with Crippen molar-refractivity contribution < 1.29 is 14.3 Å². The van der Waals surface area contributed by atoms with Crippen LogP contribution in [0.5, 0.6) is 0 Å². The first-order valence-electron chi connectivity index (χ1n) is 8.34. The second-order valence-electron chi connectivity index (χ2n) is 6.51. The third-order valence-corrected chi connectivity index (χ3v) is 6.37. The van der Waals surface area contributed by atoms with Crippen LogP contribution in [0.25, 0.3) is 10.9 Å². The number of nitrogens with one attached hydrogen (secondary N) is 1. The van der Waals surface area contributed by atoms with Gasteiger partial charge in [-0.25, -0.2) is 14.2 Å². The zero-order valence-electron chi connectivity index (χ0n) is 14.3. The lowest BCUT2D eigenvalue weighted by atomic mass is 10.0. The SMILES string of the molecule is Cc1[nH]c2c(=O)n([C@@H]3CCN(c4ncc(C(=O)O)s4)C[C@@H]3F)ccc2c1Cl. The van der Waals surface area contributed by atoms with Crippen molar-refractivity contribution in [2.45, 2.75) is 25.6 Å². The van der Waals surface area contributed by atoms with Gasteiger partial charge in [-0.1, -0.05) is 22.9 Å². The number of alkyl halides is 1. The van der Waals surface area contributed by atoms with Crippen LogP contribution in [-0.4, -0.2) is 44.9 Å². The summed E-state index contributed by atoms with van der Waals surface area (Å²) >= 11 is 7.20. The topological polar surface area (TPSA) is 91.2 Å². The van der Waals surface area contributed by atoms with Crippen LogP contribution in [-0.2, 0) is 0 Å². The van der Waals surface area contributed by atoms with Gasteiger partial charge < -0.3 is 19.6 Å². The van der Waals surface area contributed by atoms with Gasteiger partial charge in [0.1, 0.15) is 16.6 Å². The maximum absolute atomic E-state index is 14.9. The van der Waals surface area contributed by atoms with E-state index in [0.717, 1.165) is 11.3 Å². The minimum Gasteiger partial charge on any atom is -0.477 e. The van der Waals surface area contributed by atoms with Crippen LogP contribution in [0, 0.1) is 6.92 Å². The van der Waals surface area contributed by atoms with Crippen LogP contribution in [0.1, 0.15) is 27.8 Å². The number of anilines is 1. The van der Waals surface area contributed by atoms with Gasteiger partial charge in [0.25, 0.3) is 5.56 Å². The van der Waals surface area contributed by atoms with E-state index < -0.39 is 18.2 Å². The molecule has 27 heavy (non-hydrogen) atoms. The van der Waals surface area contributed by atoms with Crippen LogP contribution in [0.3, 0.4) is 0 Å². The van der Waals surface area contributed by atoms with E-state index in [1.807, 2.05) is 0 Å². The largest absolute Gasteiger partial charge is 0.477 e. The van der Waals surface area contributed by atoms with Crippen molar-refractivity contribution in [3.63, 3.8) is 0 Å². The van der Waals surface area contributed by atoms with Gasteiger partial charge in [-0.15, -0.1) is 0 Å². The molecule has 4 heterocycles. The van der Waals surface area contributed by atoms with Crippen molar-refractivity contribution in [3.8, 4) is 0 Å². The molecule has 1 aliphatic heterocycles. The molecule has 0 aromatic carbocycles. The molecule has 1 aliphatic rings. The predicted molar refractivity (Wildman–Crippen MR) is 102 cm³/mol. The zero-order chi connectivity index (χ0) is 19.3. The van der Waals surface area contributed by atoms with Crippen molar-refractivity contribution in [1.29, 1.82) is 0 Å². The Morgan fingerprint density at radius 1 is 1.52 bits per heavy atom. The molecule has 0 radical (unpaired) electrons. The van der Waals surface area contributed by atoms with Crippen LogP contribution in [0.4, 0.5) is 9.52 Å². The Labute approximate surface area is 162 Å². The standard InChI is InChI=1S/C17H16ClFN4O3S/c1-8-13(18)9-2-5-23(15(24)14(9)21-8)11-3-4-22(7-10(11)19)17-20-6-12(27-17)16(25)26/h2,5-6,10-11,21H,3-4,7H2,1H3,(H,25,26)/t10-,11+/m0/s1. The van der Waals surface area contributed by atoms with Gasteiger partial charge in [0.15, 0.2) is 5.13 Å². The van der Waals surface area contributed by atoms with Gasteiger partial charge >= 0.3 is 5.97 Å². The first kappa shape index (κ1) is 18.0. The third-order valence-electron chi connectivity index (χ3n) is 4.84. The molecule has 0 amide bonds. The zero-order valence-corrected chi connectivity index (χ0v) is 15.9. The van der Waals surface area contributed by atoms with Crippen molar-refractivity contribution in [3.05, 3.63) is 44.4 Å². The molecule has 0 aliphatic carbocycles. The number of carboxylic acids is 1. The summed E-state index contributed by atoms with van der Waals surface area (Å²) in [6.45, 7) is 2.31. The number of carboxylic acid groups (broad SMARTS) is 1. The number of carbonyl (C=O) groups is 1. The van der Waals surface area contributed by atoms with Gasteiger partial charge in [-0.05, 0) is 19.4 Å². The molecule has 3 aromatic heterocycles. The summed E-state index contributed by atoms with van der Waals surface area (Å²) in [5.41, 5.74) is 0.776. The maximum Gasteiger partial charge on any atom is 0.347 e. The highest BCUT2D eigenvalue weighted by Crippen LogP contribution is 2.31. The predicted octanol–water partition coefficient (Wildman–Crippen LogP) is 3.24. The molecule has 0 saturated carbocycles. The molecule has 1 fully saturated rings. The van der Waals surface area contributed by atoms with Gasteiger partial charge in [-0.2, -0.15) is 0 Å². The van der Waals surface area contributed by atoms with Crippen molar-refractivity contribution >= 4 is 44.9 Å². The molecular formula is C17H16ClFN4O3S. The molecule has 2 N–H and O–H groups in total. The van der Waals surface area contributed by atoms with E-state index in [-0.39, 0.29) is 17.0 Å². The van der Waals surface area contributed by atoms with Crippen LogP contribution < -0.4 is 10.5 Å². The smallest absolute Gasteiger partial charge is 0.347 e. The number of hydrogen-bond donors (Lipinski definition) is 2. The molecule has 142 valence electrons. The van der Waals surface area contributed by atoms with Gasteiger partial charge in [0.05, 0.1) is 23.8 Å². The molecule has 2 atom stereocenters. The Morgan fingerprint density at radius 2 is 2.30 bits per heavy atom. The van der Waals surface area contributed by atoms with Crippen LogP contribution in [0.2, 0.25) is 5.02 Å². The number of H-pyrrole nitrogens is 1. The number of hydrogen-bond acceptors (Lipinski definition) is 5. The molecule has 3 aromatic rings. The van der Waals surface area contributed by atoms with E-state index in [2.05, 4.69) is 9.97 Å². The van der Waals surface area contributed by atoms with E-state index in [1.54, 1.807) is 24.1 Å². The summed E-state index contributed by atoms with van der Waals surface area (Å²) in [5.74, 6) is -1.05. The summed E-state index contributed by atoms with van der Waals surface area (Å²) in [6, 6.07) is 1.13. The Kier molecular flexibility index (Phi) is 4.43. The number of piperidine rings is 1. The normalized spacial score (nSPS) is 20.3. The number of nitrogens with zero attached hydrogens (tertiary/aromatic N) is 3. The number of aromatic amines is 1. The minimum absolute atomic E-state index is 0.0478. The highest BCUT2D eigenvalue weighted by atomic mass is 35.5. The first-order chi connectivity index (χ1) is 12.9. The lowest BCUT2D eigenvalue weighted by Crippen LogP contribution is -2.45. The number of aryl methyl sites for hydroxylation is 1. The van der Waals surface area contributed by atoms with E-state index in [9.17, 15) is 14.0 Å². The molecule has 0 spiro atoms. The van der Waals surface area contributed by atoms with Gasteiger partial charge in [-0.3, -0.25) is 4.79 Å². The van der Waals surface area contributed by atoms with Crippen molar-refractivity contribution in [2.24, 2.45) is 0 Å². The number of rotatable bonds is 3. The van der Waals surface area contributed by atoms with Crippen molar-refractivity contribution in [1.82, 2.24) is 14.5 Å². The minimum atomic E-state index is -1.29. The van der Waals surface area contributed by atoms with Gasteiger partial charge in [0, 0.05) is 23.8 Å². The van der Waals surface area contributed by atoms with E-state index in [4.69, 9.17) is 16.7 Å². The Morgan fingerprint density at radius 3 is 2.96 bits per heavy atom. The second kappa shape index (κ2) is 6.65. The highest BCUT2D eigenvalue weighted by molar-refractivity contribution is 7.17. The Balaban J connectivity index is 1.60. The number of thiazole rings is 1. The molecule has 1 saturated heterocycles. The lowest BCUT2D eigenvalue weighted by molar-refractivity contribution is 0.0702. The number of aromatic carboxylic acids is 1. The molecule has 7 nitrogen and oxygen atoms in total. The van der Waals surface area contributed by atoms with Crippen molar-refractivity contribution in [2.75, 3.05) is 18.0 Å². The summed E-state index contributed by atoms with van der Waals surface area (Å²) < 4.78 is 16.3. The third kappa shape index (κ3) is 3.00. The fraction of sp³-hybridized carbons (Fsp3) is 0.353.